The summed E-state index contributed by atoms with van der Waals surface area (Å²) in [6.07, 6.45) is 0.485. The Hall–Kier alpha value is -2.53. The van der Waals surface area contributed by atoms with Crippen molar-refractivity contribution >= 4 is 23.4 Å². The second kappa shape index (κ2) is 10.9. The van der Waals surface area contributed by atoms with Gasteiger partial charge in [0.15, 0.2) is 6.61 Å². The lowest BCUT2D eigenvalue weighted by Gasteiger charge is -2.31. The molecule has 6 heteroatoms. The van der Waals surface area contributed by atoms with Gasteiger partial charge < -0.3 is 15.0 Å². The number of carbonyl (C=O) groups excluding carboxylic acids is 2. The Labute approximate surface area is 178 Å². The monoisotopic (exact) mass is 416 g/mol. The largest absolute Gasteiger partial charge is 0.484 e. The van der Waals surface area contributed by atoms with Crippen molar-refractivity contribution in [2.45, 2.75) is 52.7 Å². The Morgan fingerprint density at radius 2 is 1.86 bits per heavy atom. The Bertz CT molecular complexity index is 838. The lowest BCUT2D eigenvalue weighted by Crippen LogP contribution is -2.51. The molecule has 29 heavy (non-hydrogen) atoms. The smallest absolute Gasteiger partial charge is 0.261 e. The summed E-state index contributed by atoms with van der Waals surface area (Å²) in [5.74, 6) is 0.173. The number of carbonyl (C=O) groups is 2. The van der Waals surface area contributed by atoms with Gasteiger partial charge in [0.2, 0.25) is 5.91 Å². The molecule has 2 rings (SSSR count). The van der Waals surface area contributed by atoms with E-state index in [1.165, 1.54) is 0 Å². The molecule has 0 aliphatic rings. The minimum atomic E-state index is -0.609. The summed E-state index contributed by atoms with van der Waals surface area (Å²) in [6, 6.07) is 14.2. The van der Waals surface area contributed by atoms with E-state index in [1.54, 1.807) is 11.0 Å². The molecule has 0 heterocycles. The van der Waals surface area contributed by atoms with Crippen LogP contribution in [0.5, 0.6) is 5.75 Å². The third-order valence-electron chi connectivity index (χ3n) is 4.47. The fraction of sp³-hybridized carbons (Fsp3) is 0.391. The van der Waals surface area contributed by atoms with Crippen LogP contribution in [0.15, 0.2) is 48.5 Å². The predicted molar refractivity (Wildman–Crippen MR) is 116 cm³/mol. The van der Waals surface area contributed by atoms with Gasteiger partial charge in [-0.2, -0.15) is 0 Å². The quantitative estimate of drug-likeness (QED) is 0.660. The van der Waals surface area contributed by atoms with Crippen LogP contribution >= 0.6 is 11.6 Å². The zero-order chi connectivity index (χ0) is 21.4. The SMILES string of the molecule is CCC(C(=O)NC(C)C)N(Cc1ccccc1Cl)C(=O)COc1cccc(C)c1. The number of aryl methyl sites for hydroxylation is 1. The van der Waals surface area contributed by atoms with E-state index >= 15 is 0 Å². The first kappa shape index (κ1) is 22.8. The van der Waals surface area contributed by atoms with Crippen LogP contribution in [0.3, 0.4) is 0 Å². The summed E-state index contributed by atoms with van der Waals surface area (Å²) in [4.78, 5) is 27.4. The molecule has 0 saturated carbocycles. The van der Waals surface area contributed by atoms with Crippen LogP contribution in [0.25, 0.3) is 0 Å². The first-order valence-corrected chi connectivity index (χ1v) is 10.2. The summed E-state index contributed by atoms with van der Waals surface area (Å²) < 4.78 is 5.70. The molecule has 2 aromatic rings. The third-order valence-corrected chi connectivity index (χ3v) is 4.84. The topological polar surface area (TPSA) is 58.6 Å². The normalized spacial score (nSPS) is 11.8. The molecular weight excluding hydrogens is 388 g/mol. The maximum atomic E-state index is 13.1. The van der Waals surface area contributed by atoms with Crippen molar-refractivity contribution in [1.82, 2.24) is 10.2 Å². The molecule has 0 spiro atoms. The van der Waals surface area contributed by atoms with Gasteiger partial charge in [-0.05, 0) is 56.5 Å². The number of rotatable bonds is 9. The van der Waals surface area contributed by atoms with E-state index in [-0.39, 0.29) is 31.0 Å². The fourth-order valence-electron chi connectivity index (χ4n) is 3.04. The summed E-state index contributed by atoms with van der Waals surface area (Å²) in [5.41, 5.74) is 1.83. The van der Waals surface area contributed by atoms with Gasteiger partial charge in [-0.25, -0.2) is 0 Å². The Kier molecular flexibility index (Phi) is 8.52. The van der Waals surface area contributed by atoms with Crippen LogP contribution in [-0.2, 0) is 16.1 Å². The molecule has 0 aliphatic carbocycles. The van der Waals surface area contributed by atoms with Crippen LogP contribution in [0.1, 0.15) is 38.3 Å². The van der Waals surface area contributed by atoms with Crippen molar-refractivity contribution in [2.24, 2.45) is 0 Å². The van der Waals surface area contributed by atoms with Crippen molar-refractivity contribution in [1.29, 1.82) is 0 Å². The van der Waals surface area contributed by atoms with Gasteiger partial charge in [0.1, 0.15) is 11.8 Å². The minimum absolute atomic E-state index is 0.0163. The van der Waals surface area contributed by atoms with Crippen molar-refractivity contribution in [3.8, 4) is 5.75 Å². The summed E-state index contributed by atoms with van der Waals surface area (Å²) in [6.45, 7) is 7.72. The highest BCUT2D eigenvalue weighted by molar-refractivity contribution is 6.31. The number of hydrogen-bond acceptors (Lipinski definition) is 3. The lowest BCUT2D eigenvalue weighted by molar-refractivity contribution is -0.143. The van der Waals surface area contributed by atoms with Gasteiger partial charge in [0.05, 0.1) is 0 Å². The summed E-state index contributed by atoms with van der Waals surface area (Å²) in [5, 5.41) is 3.46. The number of hydrogen-bond donors (Lipinski definition) is 1. The molecule has 1 N–H and O–H groups in total. The third kappa shape index (κ3) is 6.79. The summed E-state index contributed by atoms with van der Waals surface area (Å²) >= 11 is 6.31. The molecule has 0 aromatic heterocycles. The average molecular weight is 417 g/mol. The second-order valence-corrected chi connectivity index (χ2v) is 7.71. The van der Waals surface area contributed by atoms with Crippen LogP contribution in [0.4, 0.5) is 0 Å². The highest BCUT2D eigenvalue weighted by Crippen LogP contribution is 2.20. The molecule has 0 saturated heterocycles. The summed E-state index contributed by atoms with van der Waals surface area (Å²) in [7, 11) is 0. The predicted octanol–water partition coefficient (Wildman–Crippen LogP) is 4.36. The number of ether oxygens (including phenoxy) is 1. The van der Waals surface area contributed by atoms with Crippen molar-refractivity contribution < 1.29 is 14.3 Å². The van der Waals surface area contributed by atoms with Crippen LogP contribution in [0, 0.1) is 6.92 Å². The number of amides is 2. The number of nitrogens with zero attached hydrogens (tertiary/aromatic N) is 1. The van der Waals surface area contributed by atoms with E-state index in [0.29, 0.717) is 17.2 Å². The molecule has 2 aromatic carbocycles. The van der Waals surface area contributed by atoms with E-state index in [0.717, 1.165) is 11.1 Å². The van der Waals surface area contributed by atoms with Gasteiger partial charge >= 0.3 is 0 Å². The van der Waals surface area contributed by atoms with E-state index in [9.17, 15) is 9.59 Å². The minimum Gasteiger partial charge on any atom is -0.484 e. The maximum absolute atomic E-state index is 13.1. The number of halogens is 1. The van der Waals surface area contributed by atoms with Gasteiger partial charge in [0, 0.05) is 17.6 Å². The first-order valence-electron chi connectivity index (χ1n) is 9.84. The van der Waals surface area contributed by atoms with Crippen molar-refractivity contribution in [3.63, 3.8) is 0 Å². The Balaban J connectivity index is 2.23. The molecule has 1 atom stereocenters. The second-order valence-electron chi connectivity index (χ2n) is 7.31. The fourth-order valence-corrected chi connectivity index (χ4v) is 3.24. The molecular formula is C23H29ClN2O3. The van der Waals surface area contributed by atoms with Gasteiger partial charge in [-0.3, -0.25) is 9.59 Å². The molecule has 0 fully saturated rings. The molecule has 2 amide bonds. The number of nitrogens with one attached hydrogen (secondary N) is 1. The average Bonchev–Trinajstić information content (AvgIpc) is 2.67. The first-order chi connectivity index (χ1) is 13.8. The van der Waals surface area contributed by atoms with Crippen molar-refractivity contribution in [2.75, 3.05) is 6.61 Å². The molecule has 1 unspecified atom stereocenters. The van der Waals surface area contributed by atoms with E-state index in [4.69, 9.17) is 16.3 Å². The molecule has 0 aliphatic heterocycles. The number of benzene rings is 2. The van der Waals surface area contributed by atoms with Crippen LogP contribution < -0.4 is 10.1 Å². The highest BCUT2D eigenvalue weighted by Gasteiger charge is 2.29. The maximum Gasteiger partial charge on any atom is 0.261 e. The van der Waals surface area contributed by atoms with E-state index in [1.807, 2.05) is 70.2 Å². The molecule has 0 bridgehead atoms. The van der Waals surface area contributed by atoms with Crippen LogP contribution in [-0.4, -0.2) is 35.4 Å². The molecule has 156 valence electrons. The molecule has 0 radical (unpaired) electrons. The molecule has 5 nitrogen and oxygen atoms in total. The lowest BCUT2D eigenvalue weighted by atomic mass is 10.1. The van der Waals surface area contributed by atoms with E-state index in [2.05, 4.69) is 5.32 Å². The van der Waals surface area contributed by atoms with Gasteiger partial charge in [-0.15, -0.1) is 0 Å². The Morgan fingerprint density at radius 1 is 1.14 bits per heavy atom. The Morgan fingerprint density at radius 3 is 2.48 bits per heavy atom. The zero-order valence-corrected chi connectivity index (χ0v) is 18.2. The van der Waals surface area contributed by atoms with Gasteiger partial charge in [0.25, 0.3) is 5.91 Å². The zero-order valence-electron chi connectivity index (χ0n) is 17.4. The standard InChI is InChI=1S/C23H29ClN2O3/c1-5-21(23(28)25-16(2)3)26(14-18-10-6-7-12-20(18)24)22(27)15-29-19-11-8-9-17(4)13-19/h6-13,16,21H,5,14-15H2,1-4H3,(H,25,28). The highest BCUT2D eigenvalue weighted by atomic mass is 35.5. The van der Waals surface area contributed by atoms with Crippen molar-refractivity contribution in [3.05, 3.63) is 64.7 Å². The van der Waals surface area contributed by atoms with E-state index < -0.39 is 6.04 Å². The van der Waals surface area contributed by atoms with Crippen LogP contribution in [0.2, 0.25) is 5.02 Å². The van der Waals surface area contributed by atoms with Gasteiger partial charge in [-0.1, -0.05) is 48.9 Å².